The molecule has 0 aliphatic heterocycles. The van der Waals surface area contributed by atoms with Crippen LogP contribution in [0, 0.1) is 0 Å². The van der Waals surface area contributed by atoms with E-state index in [1.54, 1.807) is 18.2 Å². The van der Waals surface area contributed by atoms with Crippen molar-refractivity contribution in [2.24, 2.45) is 0 Å². The van der Waals surface area contributed by atoms with Crippen molar-refractivity contribution in [2.75, 3.05) is 0 Å². The van der Waals surface area contributed by atoms with E-state index < -0.39 is 0 Å². The van der Waals surface area contributed by atoms with Gasteiger partial charge in [0.05, 0.1) is 10.6 Å². The first-order chi connectivity index (χ1) is 11.0. The van der Waals surface area contributed by atoms with Crippen LogP contribution >= 0.6 is 46.4 Å². The van der Waals surface area contributed by atoms with E-state index in [4.69, 9.17) is 46.4 Å². The maximum atomic E-state index is 12.4. The van der Waals surface area contributed by atoms with Crippen LogP contribution in [-0.2, 0) is 0 Å². The van der Waals surface area contributed by atoms with Crippen LogP contribution in [0.15, 0.2) is 36.4 Å². The fourth-order valence-corrected chi connectivity index (χ4v) is 3.98. The number of carbonyl (C=O) groups excluding carboxylic acids is 1. The van der Waals surface area contributed by atoms with Crippen LogP contribution in [0.4, 0.5) is 0 Å². The van der Waals surface area contributed by atoms with Gasteiger partial charge in [0.1, 0.15) is 0 Å². The normalized spacial score (nSPS) is 20.0. The first-order valence-corrected chi connectivity index (χ1v) is 8.68. The molecule has 2 aromatic carbocycles. The van der Waals surface area contributed by atoms with Crippen LogP contribution < -0.4 is 5.32 Å². The summed E-state index contributed by atoms with van der Waals surface area (Å²) in [4.78, 5) is 12.4. The Labute approximate surface area is 154 Å². The molecule has 3 rings (SSSR count). The number of nitrogens with one attached hydrogen (secondary N) is 1. The summed E-state index contributed by atoms with van der Waals surface area (Å²) in [5.41, 5.74) is 1.31. The van der Waals surface area contributed by atoms with Gasteiger partial charge in [-0.1, -0.05) is 52.5 Å². The standard InChI is InChI=1S/C17H13Cl4NO/c18-9-4-5-10(14(21)8-9)17(23)22-15-7-6-11(15)16-12(19)2-1-3-13(16)20/h1-5,8,11,15H,6-7H2,(H,22,23). The Morgan fingerprint density at radius 3 is 2.22 bits per heavy atom. The second-order valence-electron chi connectivity index (χ2n) is 5.52. The number of carbonyl (C=O) groups is 1. The summed E-state index contributed by atoms with van der Waals surface area (Å²) in [5, 5.41) is 5.10. The summed E-state index contributed by atoms with van der Waals surface area (Å²) in [6.45, 7) is 0. The van der Waals surface area contributed by atoms with Gasteiger partial charge >= 0.3 is 0 Å². The summed E-state index contributed by atoms with van der Waals surface area (Å²) < 4.78 is 0. The van der Waals surface area contributed by atoms with Crippen LogP contribution in [-0.4, -0.2) is 11.9 Å². The van der Waals surface area contributed by atoms with Crippen molar-refractivity contribution in [1.29, 1.82) is 0 Å². The molecule has 23 heavy (non-hydrogen) atoms. The number of amides is 1. The van der Waals surface area contributed by atoms with E-state index in [1.807, 2.05) is 18.2 Å². The zero-order chi connectivity index (χ0) is 16.6. The number of halogens is 4. The molecule has 120 valence electrons. The van der Waals surface area contributed by atoms with E-state index in [0.29, 0.717) is 25.7 Å². The average molecular weight is 389 g/mol. The average Bonchev–Trinajstić information content (AvgIpc) is 2.47. The maximum Gasteiger partial charge on any atom is 0.253 e. The molecular formula is C17H13Cl4NO. The largest absolute Gasteiger partial charge is 0.349 e. The molecule has 0 aromatic heterocycles. The van der Waals surface area contributed by atoms with Crippen molar-refractivity contribution in [2.45, 2.75) is 24.8 Å². The zero-order valence-electron chi connectivity index (χ0n) is 12.0. The van der Waals surface area contributed by atoms with Crippen molar-refractivity contribution in [3.63, 3.8) is 0 Å². The topological polar surface area (TPSA) is 29.1 Å². The molecule has 1 aliphatic carbocycles. The SMILES string of the molecule is O=C(NC1CCC1c1c(Cl)cccc1Cl)c1ccc(Cl)cc1Cl. The van der Waals surface area contributed by atoms with Gasteiger partial charge in [-0.3, -0.25) is 4.79 Å². The minimum atomic E-state index is -0.218. The second kappa shape index (κ2) is 6.90. The highest BCUT2D eigenvalue weighted by atomic mass is 35.5. The number of benzene rings is 2. The summed E-state index contributed by atoms with van der Waals surface area (Å²) in [6, 6.07) is 10.3. The number of rotatable bonds is 3. The smallest absolute Gasteiger partial charge is 0.253 e. The minimum absolute atomic E-state index is 0.00774. The third-order valence-corrected chi connectivity index (χ3v) is 5.34. The predicted octanol–water partition coefficient (Wildman–Crippen LogP) is 5.98. The molecule has 1 N–H and O–H groups in total. The molecular weight excluding hydrogens is 376 g/mol. The molecule has 0 spiro atoms. The van der Waals surface area contributed by atoms with Gasteiger partial charge in [-0.25, -0.2) is 0 Å². The van der Waals surface area contributed by atoms with E-state index in [2.05, 4.69) is 5.32 Å². The van der Waals surface area contributed by atoms with Crippen molar-refractivity contribution in [1.82, 2.24) is 5.32 Å². The number of hydrogen-bond acceptors (Lipinski definition) is 1. The highest BCUT2D eigenvalue weighted by Gasteiger charge is 2.36. The molecule has 1 saturated carbocycles. The van der Waals surface area contributed by atoms with Crippen molar-refractivity contribution >= 4 is 52.3 Å². The van der Waals surface area contributed by atoms with Gasteiger partial charge in [0.15, 0.2) is 0 Å². The van der Waals surface area contributed by atoms with E-state index in [1.165, 1.54) is 0 Å². The van der Waals surface area contributed by atoms with Crippen LogP contribution in [0.25, 0.3) is 0 Å². The lowest BCUT2D eigenvalue weighted by atomic mass is 9.75. The molecule has 0 saturated heterocycles. The van der Waals surface area contributed by atoms with E-state index in [0.717, 1.165) is 18.4 Å². The van der Waals surface area contributed by atoms with Gasteiger partial charge in [-0.05, 0) is 48.7 Å². The van der Waals surface area contributed by atoms with Crippen molar-refractivity contribution in [3.05, 3.63) is 67.6 Å². The second-order valence-corrected chi connectivity index (χ2v) is 7.18. The Balaban J connectivity index is 1.77. The molecule has 0 radical (unpaired) electrons. The Bertz CT molecular complexity index is 742. The highest BCUT2D eigenvalue weighted by molar-refractivity contribution is 6.37. The van der Waals surface area contributed by atoms with Crippen LogP contribution in [0.5, 0.6) is 0 Å². The first-order valence-electron chi connectivity index (χ1n) is 7.17. The molecule has 0 bridgehead atoms. The quantitative estimate of drug-likeness (QED) is 0.688. The van der Waals surface area contributed by atoms with Crippen LogP contribution in [0.2, 0.25) is 20.1 Å². The lowest BCUT2D eigenvalue weighted by molar-refractivity contribution is 0.0905. The fourth-order valence-electron chi connectivity index (χ4n) is 2.80. The first kappa shape index (κ1) is 16.9. The lowest BCUT2D eigenvalue weighted by Crippen LogP contribution is -2.45. The summed E-state index contributed by atoms with van der Waals surface area (Å²) in [6.07, 6.45) is 1.81. The van der Waals surface area contributed by atoms with Gasteiger partial charge in [-0.15, -0.1) is 0 Å². The summed E-state index contributed by atoms with van der Waals surface area (Å²) in [7, 11) is 0. The molecule has 2 aromatic rings. The van der Waals surface area contributed by atoms with Crippen molar-refractivity contribution in [3.8, 4) is 0 Å². The number of hydrogen-bond donors (Lipinski definition) is 1. The van der Waals surface area contributed by atoms with Gasteiger partial charge in [-0.2, -0.15) is 0 Å². The maximum absolute atomic E-state index is 12.4. The molecule has 2 atom stereocenters. The molecule has 2 unspecified atom stereocenters. The van der Waals surface area contributed by atoms with Gasteiger partial charge in [0.2, 0.25) is 0 Å². The molecule has 1 aliphatic rings. The summed E-state index contributed by atoms with van der Waals surface area (Å²) >= 11 is 24.5. The Morgan fingerprint density at radius 2 is 1.65 bits per heavy atom. The van der Waals surface area contributed by atoms with Crippen molar-refractivity contribution < 1.29 is 4.79 Å². The van der Waals surface area contributed by atoms with Gasteiger partial charge in [0.25, 0.3) is 5.91 Å². The third kappa shape index (κ3) is 3.46. The van der Waals surface area contributed by atoms with Gasteiger partial charge < -0.3 is 5.32 Å². The van der Waals surface area contributed by atoms with Crippen LogP contribution in [0.1, 0.15) is 34.7 Å². The lowest BCUT2D eigenvalue weighted by Gasteiger charge is -2.38. The summed E-state index contributed by atoms with van der Waals surface area (Å²) in [5.74, 6) is -0.101. The molecule has 0 heterocycles. The monoisotopic (exact) mass is 387 g/mol. The molecule has 1 fully saturated rings. The Hall–Kier alpha value is -0.930. The minimum Gasteiger partial charge on any atom is -0.349 e. The van der Waals surface area contributed by atoms with E-state index in [-0.39, 0.29) is 17.9 Å². The highest BCUT2D eigenvalue weighted by Crippen LogP contribution is 2.43. The predicted molar refractivity (Wildman–Crippen MR) is 96.2 cm³/mol. The Morgan fingerprint density at radius 1 is 0.957 bits per heavy atom. The molecule has 2 nitrogen and oxygen atoms in total. The zero-order valence-corrected chi connectivity index (χ0v) is 15.0. The third-order valence-electron chi connectivity index (χ3n) is 4.14. The van der Waals surface area contributed by atoms with Crippen LogP contribution in [0.3, 0.4) is 0 Å². The fraction of sp³-hybridized carbons (Fsp3) is 0.235. The molecule has 1 amide bonds. The van der Waals surface area contributed by atoms with E-state index >= 15 is 0 Å². The van der Waals surface area contributed by atoms with E-state index in [9.17, 15) is 4.79 Å². The Kier molecular flexibility index (Phi) is 5.07. The molecule has 6 heteroatoms. The van der Waals surface area contributed by atoms with Gasteiger partial charge in [0, 0.05) is 27.0 Å².